The summed E-state index contributed by atoms with van der Waals surface area (Å²) in [6, 6.07) is 8.67. The van der Waals surface area contributed by atoms with Crippen LogP contribution in [-0.4, -0.2) is 41.4 Å². The van der Waals surface area contributed by atoms with Crippen molar-refractivity contribution in [2.24, 2.45) is 11.8 Å². The van der Waals surface area contributed by atoms with Crippen LogP contribution in [-0.2, 0) is 20.9 Å². The van der Waals surface area contributed by atoms with E-state index in [1.54, 1.807) is 0 Å². The highest BCUT2D eigenvalue weighted by Gasteiger charge is 2.39. The number of aliphatic hydroxyl groups excluding tert-OH is 1. The van der Waals surface area contributed by atoms with E-state index >= 15 is 0 Å². The Bertz CT molecular complexity index is 489. The van der Waals surface area contributed by atoms with Crippen molar-refractivity contribution in [3.05, 3.63) is 35.9 Å². The van der Waals surface area contributed by atoms with E-state index in [9.17, 15) is 19.8 Å². The molecular weight excluding hydrogens is 286 g/mol. The smallest absolute Gasteiger partial charge is 0.312 e. The van der Waals surface area contributed by atoms with Gasteiger partial charge in [-0.2, -0.15) is 0 Å². The predicted molar refractivity (Wildman–Crippen MR) is 81.1 cm³/mol. The Morgan fingerprint density at radius 1 is 1.23 bits per heavy atom. The van der Waals surface area contributed by atoms with Crippen molar-refractivity contribution in [1.29, 1.82) is 0 Å². The molecular formula is C16H23NO5. The zero-order valence-electron chi connectivity index (χ0n) is 13.0. The molecule has 0 fully saturated rings. The summed E-state index contributed by atoms with van der Waals surface area (Å²) >= 11 is 0. The first-order valence-corrected chi connectivity index (χ1v) is 7.14. The van der Waals surface area contributed by atoms with Gasteiger partial charge in [-0.15, -0.1) is 0 Å². The highest BCUT2D eigenvalue weighted by atomic mass is 16.5. The molecule has 0 aliphatic rings. The maximum absolute atomic E-state index is 11.9. The molecule has 4 atom stereocenters. The molecule has 1 aromatic rings. The molecule has 0 saturated carbocycles. The van der Waals surface area contributed by atoms with E-state index in [-0.39, 0.29) is 0 Å². The molecule has 0 aliphatic heterocycles. The quantitative estimate of drug-likeness (QED) is 0.621. The third kappa shape index (κ3) is 4.82. The lowest BCUT2D eigenvalue weighted by Crippen LogP contribution is -2.51. The summed E-state index contributed by atoms with van der Waals surface area (Å²) in [5.41, 5.74) is 0.958. The maximum Gasteiger partial charge on any atom is 0.312 e. The van der Waals surface area contributed by atoms with Crippen LogP contribution in [0.4, 0.5) is 0 Å². The number of rotatable bonds is 8. The summed E-state index contributed by atoms with van der Waals surface area (Å²) in [6.07, 6.45) is -1.03. The van der Waals surface area contributed by atoms with E-state index in [0.717, 1.165) is 5.56 Å². The second kappa shape index (κ2) is 8.51. The Balaban J connectivity index is 2.95. The molecule has 0 bridgehead atoms. The fraction of sp³-hybridized carbons (Fsp3) is 0.500. The molecule has 0 aliphatic carbocycles. The number of esters is 1. The van der Waals surface area contributed by atoms with Gasteiger partial charge in [-0.1, -0.05) is 37.3 Å². The lowest BCUT2D eigenvalue weighted by molar-refractivity contribution is -0.153. The third-order valence-corrected chi connectivity index (χ3v) is 3.69. The molecule has 1 aromatic carbocycles. The SMILES string of the molecule is COC(=O)C(C(C)O)C(NCc1ccccc1)C(C)C(=O)O. The largest absolute Gasteiger partial charge is 0.481 e. The van der Waals surface area contributed by atoms with Crippen LogP contribution in [0.2, 0.25) is 0 Å². The third-order valence-electron chi connectivity index (χ3n) is 3.69. The zero-order valence-corrected chi connectivity index (χ0v) is 13.0. The topological polar surface area (TPSA) is 95.9 Å². The summed E-state index contributed by atoms with van der Waals surface area (Å²) in [5.74, 6) is -3.49. The van der Waals surface area contributed by atoms with E-state index in [4.69, 9.17) is 4.74 Å². The highest BCUT2D eigenvalue weighted by Crippen LogP contribution is 2.20. The van der Waals surface area contributed by atoms with Gasteiger partial charge in [0, 0.05) is 12.6 Å². The molecule has 22 heavy (non-hydrogen) atoms. The predicted octanol–water partition coefficient (Wildman–Crippen LogP) is 1.04. The standard InChI is InChI=1S/C16H23NO5/c1-10(15(19)20)14(13(11(2)18)16(21)22-3)17-9-12-7-5-4-6-8-12/h4-8,10-11,13-14,17-18H,9H2,1-3H3,(H,19,20). The lowest BCUT2D eigenvalue weighted by Gasteiger charge is -2.31. The average Bonchev–Trinajstić information content (AvgIpc) is 2.50. The summed E-state index contributed by atoms with van der Waals surface area (Å²) < 4.78 is 4.70. The van der Waals surface area contributed by atoms with Gasteiger partial charge in [0.2, 0.25) is 0 Å². The number of carboxylic acids is 1. The summed E-state index contributed by atoms with van der Waals surface area (Å²) in [4.78, 5) is 23.2. The molecule has 122 valence electrons. The van der Waals surface area contributed by atoms with Crippen molar-refractivity contribution in [3.8, 4) is 0 Å². The van der Waals surface area contributed by atoms with E-state index in [0.29, 0.717) is 6.54 Å². The average molecular weight is 309 g/mol. The number of aliphatic carboxylic acids is 1. The molecule has 1 rings (SSSR count). The summed E-state index contributed by atoms with van der Waals surface area (Å²) in [5, 5.41) is 22.2. The van der Waals surface area contributed by atoms with Gasteiger partial charge < -0.3 is 20.3 Å². The molecule has 6 heteroatoms. The fourth-order valence-corrected chi connectivity index (χ4v) is 2.38. The van der Waals surface area contributed by atoms with E-state index in [1.165, 1.54) is 21.0 Å². The minimum absolute atomic E-state index is 0.392. The van der Waals surface area contributed by atoms with Gasteiger partial charge in [0.05, 0.1) is 25.0 Å². The Labute approximate surface area is 130 Å². The van der Waals surface area contributed by atoms with Crippen molar-refractivity contribution in [1.82, 2.24) is 5.32 Å². The maximum atomic E-state index is 11.9. The number of carboxylic acid groups (broad SMARTS) is 1. The van der Waals surface area contributed by atoms with Crippen LogP contribution in [0.25, 0.3) is 0 Å². The second-order valence-corrected chi connectivity index (χ2v) is 5.31. The van der Waals surface area contributed by atoms with Gasteiger partial charge in [-0.3, -0.25) is 9.59 Å². The van der Waals surface area contributed by atoms with Crippen LogP contribution in [0.15, 0.2) is 30.3 Å². The van der Waals surface area contributed by atoms with Gasteiger partial charge in [-0.25, -0.2) is 0 Å². The first-order chi connectivity index (χ1) is 10.4. The van der Waals surface area contributed by atoms with Crippen molar-refractivity contribution >= 4 is 11.9 Å². The highest BCUT2D eigenvalue weighted by molar-refractivity contribution is 5.77. The van der Waals surface area contributed by atoms with Crippen LogP contribution in [0.5, 0.6) is 0 Å². The molecule has 0 aromatic heterocycles. The van der Waals surface area contributed by atoms with Gasteiger partial charge >= 0.3 is 11.9 Å². The van der Waals surface area contributed by atoms with E-state index in [1.807, 2.05) is 30.3 Å². The van der Waals surface area contributed by atoms with Crippen LogP contribution in [0, 0.1) is 11.8 Å². The number of hydrogen-bond acceptors (Lipinski definition) is 5. The van der Waals surface area contributed by atoms with Crippen LogP contribution >= 0.6 is 0 Å². The van der Waals surface area contributed by atoms with Crippen molar-refractivity contribution < 1.29 is 24.5 Å². The Morgan fingerprint density at radius 2 is 1.82 bits per heavy atom. The minimum atomic E-state index is -1.04. The number of methoxy groups -OCH3 is 1. The summed E-state index contributed by atoms with van der Waals surface area (Å²) in [6.45, 7) is 3.35. The fourth-order valence-electron chi connectivity index (χ4n) is 2.38. The van der Waals surface area contributed by atoms with Gasteiger partial charge in [0.15, 0.2) is 0 Å². The van der Waals surface area contributed by atoms with Crippen molar-refractivity contribution in [3.63, 3.8) is 0 Å². The molecule has 0 spiro atoms. The first kappa shape index (κ1) is 18.1. The number of carbonyl (C=O) groups is 2. The zero-order chi connectivity index (χ0) is 16.7. The monoisotopic (exact) mass is 309 g/mol. The Hall–Kier alpha value is -1.92. The molecule has 0 heterocycles. The van der Waals surface area contributed by atoms with Crippen molar-refractivity contribution in [2.45, 2.75) is 32.5 Å². The number of aliphatic hydroxyl groups is 1. The second-order valence-electron chi connectivity index (χ2n) is 5.31. The number of carbonyl (C=O) groups excluding carboxylic acids is 1. The number of hydrogen-bond donors (Lipinski definition) is 3. The normalized spacial score (nSPS) is 16.4. The Kier molecular flexibility index (Phi) is 7.01. The van der Waals surface area contributed by atoms with E-state index < -0.39 is 35.9 Å². The van der Waals surface area contributed by atoms with Gasteiger partial charge in [-0.05, 0) is 12.5 Å². The summed E-state index contributed by atoms with van der Waals surface area (Å²) in [7, 11) is 1.22. The van der Waals surface area contributed by atoms with Gasteiger partial charge in [0.1, 0.15) is 0 Å². The van der Waals surface area contributed by atoms with E-state index in [2.05, 4.69) is 5.32 Å². The van der Waals surface area contributed by atoms with Crippen molar-refractivity contribution in [2.75, 3.05) is 7.11 Å². The molecule has 0 radical (unpaired) electrons. The number of ether oxygens (including phenoxy) is 1. The van der Waals surface area contributed by atoms with Crippen LogP contribution < -0.4 is 5.32 Å². The van der Waals surface area contributed by atoms with Crippen LogP contribution in [0.1, 0.15) is 19.4 Å². The number of nitrogens with one attached hydrogen (secondary N) is 1. The van der Waals surface area contributed by atoms with Gasteiger partial charge in [0.25, 0.3) is 0 Å². The Morgan fingerprint density at radius 3 is 2.27 bits per heavy atom. The molecule has 6 nitrogen and oxygen atoms in total. The van der Waals surface area contributed by atoms with Crippen LogP contribution in [0.3, 0.4) is 0 Å². The number of benzene rings is 1. The molecule has 3 N–H and O–H groups in total. The first-order valence-electron chi connectivity index (χ1n) is 7.14. The molecule has 0 amide bonds. The molecule has 0 saturated heterocycles. The molecule has 4 unspecified atom stereocenters. The minimum Gasteiger partial charge on any atom is -0.481 e. The lowest BCUT2D eigenvalue weighted by atomic mass is 9.85.